The van der Waals surface area contributed by atoms with E-state index in [2.05, 4.69) is 6.07 Å². The predicted octanol–water partition coefficient (Wildman–Crippen LogP) is 4.15. The van der Waals surface area contributed by atoms with Crippen molar-refractivity contribution in [2.75, 3.05) is 6.61 Å². The lowest BCUT2D eigenvalue weighted by atomic mass is 10.1. The second-order valence-corrected chi connectivity index (χ2v) is 9.75. The van der Waals surface area contributed by atoms with Gasteiger partial charge in [-0.2, -0.15) is 5.26 Å². The van der Waals surface area contributed by atoms with Gasteiger partial charge in [0.25, 0.3) is 0 Å². The Morgan fingerprint density at radius 3 is 2.56 bits per heavy atom. The normalized spacial score (nSPS) is 12.9. The molecule has 0 aliphatic carbocycles. The summed E-state index contributed by atoms with van der Waals surface area (Å²) >= 11 is 5.98. The molecule has 5 heteroatoms. The second-order valence-electron chi connectivity index (χ2n) is 4.85. The third-order valence-corrected chi connectivity index (χ3v) is 3.32. The molecule has 0 spiro atoms. The van der Waals surface area contributed by atoms with Crippen molar-refractivity contribution in [2.45, 2.75) is 32.7 Å². The van der Waals surface area contributed by atoms with Gasteiger partial charge in [0.05, 0.1) is 12.7 Å². The van der Waals surface area contributed by atoms with Crippen LogP contribution in [-0.2, 0) is 4.43 Å². The van der Waals surface area contributed by atoms with Crippen LogP contribution in [0.5, 0.6) is 5.75 Å². The van der Waals surface area contributed by atoms with Gasteiger partial charge in [-0.25, -0.2) is 0 Å². The highest BCUT2D eigenvalue weighted by Gasteiger charge is 2.24. The summed E-state index contributed by atoms with van der Waals surface area (Å²) in [4.78, 5) is 0. The van der Waals surface area contributed by atoms with Crippen molar-refractivity contribution in [1.82, 2.24) is 0 Å². The van der Waals surface area contributed by atoms with E-state index in [0.29, 0.717) is 22.9 Å². The molecule has 1 rings (SSSR count). The highest BCUT2D eigenvalue weighted by Crippen LogP contribution is 2.32. The zero-order valence-electron chi connectivity index (χ0n) is 11.2. The molecule has 0 N–H and O–H groups in total. The zero-order chi connectivity index (χ0) is 13.8. The Morgan fingerprint density at radius 2 is 2.06 bits per heavy atom. The molecule has 0 aliphatic heterocycles. The summed E-state index contributed by atoms with van der Waals surface area (Å²) in [6, 6.07) is 7.44. The number of halogens is 1. The molecular weight excluding hydrogens is 266 g/mol. The molecule has 0 bridgehead atoms. The van der Waals surface area contributed by atoms with E-state index in [1.807, 2.05) is 26.6 Å². The maximum atomic E-state index is 9.27. The van der Waals surface area contributed by atoms with Gasteiger partial charge in [-0.05, 0) is 44.8 Å². The number of nitrogens with zero attached hydrogens (tertiary/aromatic N) is 1. The Kier molecular flexibility index (Phi) is 5.21. The van der Waals surface area contributed by atoms with Crippen molar-refractivity contribution in [3.05, 3.63) is 28.8 Å². The van der Waals surface area contributed by atoms with E-state index in [-0.39, 0.29) is 0 Å². The molecule has 1 aromatic rings. The third-order valence-electron chi connectivity index (χ3n) is 2.14. The summed E-state index contributed by atoms with van der Waals surface area (Å²) < 4.78 is 11.4. The van der Waals surface area contributed by atoms with Crippen LogP contribution in [0.15, 0.2) is 18.2 Å². The summed E-state index contributed by atoms with van der Waals surface area (Å²) in [6.07, 6.45) is -0.628. The highest BCUT2D eigenvalue weighted by molar-refractivity contribution is 6.69. The first-order valence-electron chi connectivity index (χ1n) is 5.87. The standard InChI is InChI=1S/C13H18ClNO2Si/c1-5-16-12-7-6-10(14)8-11(12)13(9-15)17-18(2,3)4/h6-8,13H,5H2,1-4H3/t13-/m1/s1. The molecule has 0 aromatic heterocycles. The fourth-order valence-corrected chi connectivity index (χ4v) is 2.59. The number of hydrogen-bond donors (Lipinski definition) is 0. The topological polar surface area (TPSA) is 42.2 Å². The average molecular weight is 284 g/mol. The molecular formula is C13H18ClNO2Si. The van der Waals surface area contributed by atoms with Gasteiger partial charge in [-0.3, -0.25) is 0 Å². The molecule has 1 aromatic carbocycles. The quantitative estimate of drug-likeness (QED) is 0.762. The lowest BCUT2D eigenvalue weighted by Gasteiger charge is -2.23. The molecule has 0 radical (unpaired) electrons. The first kappa shape index (κ1) is 15.0. The lowest BCUT2D eigenvalue weighted by Crippen LogP contribution is -2.27. The van der Waals surface area contributed by atoms with Crippen molar-refractivity contribution < 1.29 is 9.16 Å². The van der Waals surface area contributed by atoms with Gasteiger partial charge < -0.3 is 9.16 Å². The smallest absolute Gasteiger partial charge is 0.186 e. The van der Waals surface area contributed by atoms with Gasteiger partial charge >= 0.3 is 0 Å². The molecule has 1 atom stereocenters. The van der Waals surface area contributed by atoms with E-state index in [1.54, 1.807) is 18.2 Å². The van der Waals surface area contributed by atoms with Crippen LogP contribution in [0.2, 0.25) is 24.7 Å². The number of rotatable bonds is 5. The van der Waals surface area contributed by atoms with Crippen LogP contribution >= 0.6 is 11.6 Å². The largest absolute Gasteiger partial charge is 0.493 e. The molecule has 0 fully saturated rings. The van der Waals surface area contributed by atoms with E-state index in [0.717, 1.165) is 0 Å². The minimum Gasteiger partial charge on any atom is -0.493 e. The molecule has 3 nitrogen and oxygen atoms in total. The number of hydrogen-bond acceptors (Lipinski definition) is 3. The van der Waals surface area contributed by atoms with Gasteiger partial charge in [-0.1, -0.05) is 11.6 Å². The predicted molar refractivity (Wildman–Crippen MR) is 75.4 cm³/mol. The van der Waals surface area contributed by atoms with Crippen molar-refractivity contribution in [2.24, 2.45) is 0 Å². The molecule has 0 heterocycles. The second kappa shape index (κ2) is 6.23. The Balaban J connectivity index is 3.11. The summed E-state index contributed by atoms with van der Waals surface area (Å²) in [5.74, 6) is 0.659. The minimum atomic E-state index is -1.81. The van der Waals surface area contributed by atoms with Crippen molar-refractivity contribution >= 4 is 19.9 Å². The van der Waals surface area contributed by atoms with Crippen LogP contribution < -0.4 is 4.74 Å². The van der Waals surface area contributed by atoms with Crippen LogP contribution in [0.1, 0.15) is 18.6 Å². The minimum absolute atomic E-state index is 0.541. The van der Waals surface area contributed by atoms with Crippen molar-refractivity contribution in [3.63, 3.8) is 0 Å². The van der Waals surface area contributed by atoms with Gasteiger partial charge in [-0.15, -0.1) is 0 Å². The Morgan fingerprint density at radius 1 is 1.39 bits per heavy atom. The molecule has 0 saturated carbocycles. The van der Waals surface area contributed by atoms with E-state index in [4.69, 9.17) is 20.8 Å². The van der Waals surface area contributed by atoms with E-state index < -0.39 is 14.4 Å². The first-order chi connectivity index (χ1) is 8.37. The number of nitriles is 1. The van der Waals surface area contributed by atoms with Gasteiger partial charge in [0.15, 0.2) is 14.4 Å². The maximum absolute atomic E-state index is 9.27. The molecule has 98 valence electrons. The summed E-state index contributed by atoms with van der Waals surface area (Å²) in [6.45, 7) is 8.57. The molecule has 0 amide bonds. The van der Waals surface area contributed by atoms with Crippen LogP contribution in [0.4, 0.5) is 0 Å². The summed E-state index contributed by atoms with van der Waals surface area (Å²) in [5, 5.41) is 9.85. The van der Waals surface area contributed by atoms with Gasteiger partial charge in [0.2, 0.25) is 0 Å². The van der Waals surface area contributed by atoms with Crippen LogP contribution in [0.25, 0.3) is 0 Å². The maximum Gasteiger partial charge on any atom is 0.186 e. The van der Waals surface area contributed by atoms with Crippen LogP contribution in [0, 0.1) is 11.3 Å². The zero-order valence-corrected chi connectivity index (χ0v) is 12.9. The monoisotopic (exact) mass is 283 g/mol. The molecule has 0 saturated heterocycles. The lowest BCUT2D eigenvalue weighted by molar-refractivity contribution is 0.244. The van der Waals surface area contributed by atoms with Crippen LogP contribution in [0.3, 0.4) is 0 Å². The number of ether oxygens (including phenoxy) is 1. The fourth-order valence-electron chi connectivity index (χ4n) is 1.52. The fraction of sp³-hybridized carbons (Fsp3) is 0.462. The van der Waals surface area contributed by atoms with Gasteiger partial charge in [0, 0.05) is 10.6 Å². The Labute approximate surface area is 114 Å². The van der Waals surface area contributed by atoms with E-state index in [9.17, 15) is 5.26 Å². The van der Waals surface area contributed by atoms with Crippen molar-refractivity contribution in [1.29, 1.82) is 5.26 Å². The van der Waals surface area contributed by atoms with E-state index in [1.165, 1.54) is 0 Å². The first-order valence-corrected chi connectivity index (χ1v) is 9.65. The van der Waals surface area contributed by atoms with Crippen molar-refractivity contribution in [3.8, 4) is 11.8 Å². The summed E-state index contributed by atoms with van der Waals surface area (Å²) in [5.41, 5.74) is 0.703. The Hall–Kier alpha value is -1.02. The SMILES string of the molecule is CCOc1ccc(Cl)cc1[C@@H](C#N)O[Si](C)(C)C. The molecule has 0 unspecified atom stereocenters. The highest BCUT2D eigenvalue weighted by atomic mass is 35.5. The van der Waals surface area contributed by atoms with Gasteiger partial charge in [0.1, 0.15) is 5.75 Å². The molecule has 0 aliphatic rings. The third kappa shape index (κ3) is 4.34. The molecule has 18 heavy (non-hydrogen) atoms. The average Bonchev–Trinajstić information content (AvgIpc) is 2.27. The number of benzene rings is 1. The van der Waals surface area contributed by atoms with Crippen LogP contribution in [-0.4, -0.2) is 14.9 Å². The van der Waals surface area contributed by atoms with E-state index >= 15 is 0 Å². The Bertz CT molecular complexity index is 451. The summed E-state index contributed by atoms with van der Waals surface area (Å²) in [7, 11) is -1.81.